The van der Waals surface area contributed by atoms with Gasteiger partial charge >= 0.3 is 5.97 Å². The molecule has 16 heavy (non-hydrogen) atoms. The summed E-state index contributed by atoms with van der Waals surface area (Å²) in [6.45, 7) is 0.588. The van der Waals surface area contributed by atoms with Gasteiger partial charge in [-0.05, 0) is 19.2 Å². The number of pyridine rings is 1. The zero-order valence-electron chi connectivity index (χ0n) is 8.88. The van der Waals surface area contributed by atoms with E-state index in [9.17, 15) is 9.59 Å². The molecule has 0 aliphatic carbocycles. The zero-order chi connectivity index (χ0) is 12.1. The maximum absolute atomic E-state index is 10.6. The molecular formula is C10H13N3O3. The molecule has 6 nitrogen and oxygen atoms in total. The summed E-state index contributed by atoms with van der Waals surface area (Å²) in [5.41, 5.74) is 5.86. The lowest BCUT2D eigenvalue weighted by Crippen LogP contribution is -2.30. The Bertz CT molecular complexity index is 389. The average Bonchev–Trinajstić information content (AvgIpc) is 2.16. The van der Waals surface area contributed by atoms with Gasteiger partial charge in [-0.15, -0.1) is 0 Å². The number of rotatable bonds is 5. The van der Waals surface area contributed by atoms with E-state index >= 15 is 0 Å². The van der Waals surface area contributed by atoms with Gasteiger partial charge < -0.3 is 10.8 Å². The van der Waals surface area contributed by atoms with Crippen LogP contribution in [0.25, 0.3) is 0 Å². The first-order valence-corrected chi connectivity index (χ1v) is 4.64. The van der Waals surface area contributed by atoms with E-state index in [2.05, 4.69) is 4.98 Å². The molecule has 0 aliphatic rings. The zero-order valence-corrected chi connectivity index (χ0v) is 8.88. The van der Waals surface area contributed by atoms with E-state index < -0.39 is 11.9 Å². The van der Waals surface area contributed by atoms with Crippen molar-refractivity contribution >= 4 is 11.9 Å². The number of hydrogen-bond acceptors (Lipinski definition) is 4. The normalized spacial score (nSPS) is 10.4. The Hall–Kier alpha value is -1.95. The van der Waals surface area contributed by atoms with Crippen molar-refractivity contribution in [3.05, 3.63) is 29.6 Å². The average molecular weight is 223 g/mol. The number of carbonyl (C=O) groups excluding carboxylic acids is 1. The summed E-state index contributed by atoms with van der Waals surface area (Å²) in [4.78, 5) is 26.9. The van der Waals surface area contributed by atoms with E-state index in [1.807, 2.05) is 0 Å². The number of carboxylic acid groups (broad SMARTS) is 1. The quantitative estimate of drug-likeness (QED) is 0.714. The van der Waals surface area contributed by atoms with Crippen molar-refractivity contribution in [1.29, 1.82) is 0 Å². The van der Waals surface area contributed by atoms with E-state index in [0.29, 0.717) is 12.2 Å². The lowest BCUT2D eigenvalue weighted by molar-refractivity contribution is -0.118. The molecule has 0 atom stereocenters. The van der Waals surface area contributed by atoms with Crippen molar-refractivity contribution in [2.24, 2.45) is 5.73 Å². The Morgan fingerprint density at radius 1 is 1.50 bits per heavy atom. The van der Waals surface area contributed by atoms with Crippen molar-refractivity contribution < 1.29 is 14.7 Å². The minimum atomic E-state index is -1.01. The number of nitrogens with two attached hydrogens (primary N) is 1. The second-order valence-electron chi connectivity index (χ2n) is 3.48. The summed E-state index contributed by atoms with van der Waals surface area (Å²) in [6.07, 6.45) is 1.29. The number of likely N-dealkylation sites (N-methyl/N-ethyl adjacent to an activating group) is 1. The molecule has 0 fully saturated rings. The molecule has 86 valence electrons. The van der Waals surface area contributed by atoms with Crippen LogP contribution in [-0.2, 0) is 11.3 Å². The Morgan fingerprint density at radius 3 is 2.62 bits per heavy atom. The molecule has 0 radical (unpaired) electrons. The minimum Gasteiger partial charge on any atom is -0.478 e. The van der Waals surface area contributed by atoms with Gasteiger partial charge in [-0.3, -0.25) is 14.7 Å². The van der Waals surface area contributed by atoms with Gasteiger partial charge in [-0.2, -0.15) is 0 Å². The Morgan fingerprint density at radius 2 is 2.19 bits per heavy atom. The summed E-state index contributed by atoms with van der Waals surface area (Å²) in [5.74, 6) is -1.42. The van der Waals surface area contributed by atoms with Crippen LogP contribution in [0, 0.1) is 0 Å². The van der Waals surface area contributed by atoms with Gasteiger partial charge in [-0.1, -0.05) is 0 Å². The molecule has 0 saturated heterocycles. The first kappa shape index (κ1) is 12.1. The maximum Gasteiger partial charge on any atom is 0.337 e. The molecule has 1 heterocycles. The van der Waals surface area contributed by atoms with Gasteiger partial charge in [-0.25, -0.2) is 4.79 Å². The minimum absolute atomic E-state index is 0.140. The van der Waals surface area contributed by atoms with Crippen LogP contribution in [0.15, 0.2) is 18.3 Å². The first-order valence-electron chi connectivity index (χ1n) is 4.64. The Balaban J connectivity index is 2.61. The topological polar surface area (TPSA) is 96.5 Å². The number of carbonyl (C=O) groups is 2. The molecule has 1 aromatic heterocycles. The highest BCUT2D eigenvalue weighted by Gasteiger charge is 2.06. The second kappa shape index (κ2) is 5.22. The number of aromatic nitrogens is 1. The number of amides is 1. The standard InChI is InChI=1S/C10H13N3O3/c1-13(6-9(11)14)5-8-3-2-7(4-12-8)10(15)16/h2-4H,5-6H2,1H3,(H2,11,14)(H,15,16). The van der Waals surface area contributed by atoms with Gasteiger partial charge in [0.2, 0.25) is 5.91 Å². The van der Waals surface area contributed by atoms with E-state index in [1.54, 1.807) is 18.0 Å². The van der Waals surface area contributed by atoms with Crippen molar-refractivity contribution in [2.75, 3.05) is 13.6 Å². The monoisotopic (exact) mass is 223 g/mol. The van der Waals surface area contributed by atoms with Crippen molar-refractivity contribution in [2.45, 2.75) is 6.54 Å². The molecule has 0 aliphatic heterocycles. The van der Waals surface area contributed by atoms with Gasteiger partial charge in [0.15, 0.2) is 0 Å². The molecule has 6 heteroatoms. The van der Waals surface area contributed by atoms with Crippen LogP contribution in [0.5, 0.6) is 0 Å². The number of carboxylic acids is 1. The summed E-state index contributed by atoms with van der Waals surface area (Å²) < 4.78 is 0. The van der Waals surface area contributed by atoms with Crippen molar-refractivity contribution in [3.63, 3.8) is 0 Å². The third kappa shape index (κ3) is 3.66. The van der Waals surface area contributed by atoms with Gasteiger partial charge in [0, 0.05) is 12.7 Å². The fourth-order valence-corrected chi connectivity index (χ4v) is 1.24. The van der Waals surface area contributed by atoms with Gasteiger partial charge in [0.05, 0.1) is 17.8 Å². The van der Waals surface area contributed by atoms with Crippen LogP contribution in [-0.4, -0.2) is 40.5 Å². The fraction of sp³-hybridized carbons (Fsp3) is 0.300. The van der Waals surface area contributed by atoms with E-state index in [0.717, 1.165) is 0 Å². The predicted molar refractivity (Wildman–Crippen MR) is 56.7 cm³/mol. The van der Waals surface area contributed by atoms with Crippen LogP contribution >= 0.6 is 0 Å². The van der Waals surface area contributed by atoms with Crippen LogP contribution in [0.3, 0.4) is 0 Å². The third-order valence-electron chi connectivity index (χ3n) is 1.93. The van der Waals surface area contributed by atoms with Gasteiger partial charge in [0.25, 0.3) is 0 Å². The highest BCUT2D eigenvalue weighted by Crippen LogP contribution is 2.02. The predicted octanol–water partition coefficient (Wildman–Crippen LogP) is -0.303. The van der Waals surface area contributed by atoms with Gasteiger partial charge in [0.1, 0.15) is 0 Å². The highest BCUT2D eigenvalue weighted by molar-refractivity contribution is 5.87. The second-order valence-corrected chi connectivity index (χ2v) is 3.48. The summed E-state index contributed by atoms with van der Waals surface area (Å²) in [6, 6.07) is 3.09. The Labute approximate surface area is 92.7 Å². The first-order chi connectivity index (χ1) is 7.49. The Kier molecular flexibility index (Phi) is 3.96. The molecule has 0 aromatic carbocycles. The molecule has 1 amide bonds. The van der Waals surface area contributed by atoms with Crippen LogP contribution < -0.4 is 5.73 Å². The maximum atomic E-state index is 10.6. The lowest BCUT2D eigenvalue weighted by atomic mass is 10.2. The SMILES string of the molecule is CN(CC(N)=O)Cc1ccc(C(=O)O)cn1. The van der Waals surface area contributed by atoms with E-state index in [-0.39, 0.29) is 12.1 Å². The molecular weight excluding hydrogens is 210 g/mol. The molecule has 0 saturated carbocycles. The van der Waals surface area contributed by atoms with Crippen LogP contribution in [0.1, 0.15) is 16.1 Å². The number of aromatic carboxylic acids is 1. The number of hydrogen-bond donors (Lipinski definition) is 2. The third-order valence-corrected chi connectivity index (χ3v) is 1.93. The molecule has 0 spiro atoms. The largest absolute Gasteiger partial charge is 0.478 e. The highest BCUT2D eigenvalue weighted by atomic mass is 16.4. The van der Waals surface area contributed by atoms with Crippen LogP contribution in [0.2, 0.25) is 0 Å². The number of primary amides is 1. The summed E-state index contributed by atoms with van der Waals surface area (Å²) in [7, 11) is 1.73. The molecule has 1 rings (SSSR count). The molecule has 1 aromatic rings. The van der Waals surface area contributed by atoms with E-state index in [4.69, 9.17) is 10.8 Å². The molecule has 0 bridgehead atoms. The van der Waals surface area contributed by atoms with Crippen LogP contribution in [0.4, 0.5) is 0 Å². The van der Waals surface area contributed by atoms with Crippen molar-refractivity contribution in [3.8, 4) is 0 Å². The summed E-state index contributed by atoms with van der Waals surface area (Å²) in [5, 5.41) is 8.66. The smallest absolute Gasteiger partial charge is 0.337 e. The molecule has 3 N–H and O–H groups in total. The number of nitrogens with zero attached hydrogens (tertiary/aromatic N) is 2. The molecule has 0 unspecified atom stereocenters. The van der Waals surface area contributed by atoms with E-state index in [1.165, 1.54) is 12.3 Å². The lowest BCUT2D eigenvalue weighted by Gasteiger charge is -2.13. The fourth-order valence-electron chi connectivity index (χ4n) is 1.24. The van der Waals surface area contributed by atoms with Crippen molar-refractivity contribution in [1.82, 2.24) is 9.88 Å². The summed E-state index contributed by atoms with van der Waals surface area (Å²) >= 11 is 0.